The monoisotopic (exact) mass is 1610 g/mol. The van der Waals surface area contributed by atoms with Crippen molar-refractivity contribution >= 4 is 112 Å². The van der Waals surface area contributed by atoms with Crippen LogP contribution in [-0.4, -0.2) is 211 Å². The molecular formula is C73H131N29O12. The van der Waals surface area contributed by atoms with Gasteiger partial charge in [-0.3, -0.25) is 82.5 Å². The summed E-state index contributed by atoms with van der Waals surface area (Å²) in [7, 11) is 0. The van der Waals surface area contributed by atoms with Gasteiger partial charge in [-0.05, 0) is 125 Å². The fraction of sp³-hybridized carbons (Fsp3) is 0.658. The van der Waals surface area contributed by atoms with Gasteiger partial charge in [0.25, 0.3) is 0 Å². The van der Waals surface area contributed by atoms with Gasteiger partial charge in [0.2, 0.25) is 70.9 Å². The van der Waals surface area contributed by atoms with E-state index >= 15 is 4.79 Å². The number of aromatic amines is 1. The summed E-state index contributed by atoms with van der Waals surface area (Å²) in [6, 6.07) is -8.51. The number of unbranched alkanes of at least 4 members (excludes halogenated alkanes) is 1. The Hall–Kier alpha value is -11.3. The standard InChI is InChI=1S/C73H131N29O12/c1-12-40(9)55(67(113)99-52(35-43-36-91-45-23-15-14-22-44(43)45)63(109)96-48(26-19-31-88-71(80)81)59(105)93-46(57(75)103)25-18-30-87-70(78)79)101-62(108)50(28-21-33-90-73(84)85)95-60(106)47(24-16-17-29-86-69(76)77)94-58(104)42(11)92-66(112)54(39(7)8)100-68(114)56(41(10)13-2)102-64(110)51(34-37(3)4)98-61(107)49(27-20-32-89-72(82)83)97-65(111)53(74)38(5)6/h14-15,22-23,36-42,46-56,91H,12-13,16-21,24-35,74H2,1-11H3,(H2,75,103)(H,92,112)(H,93,105)(H,94,104)(H,95,106)(H,96,109)(H,97,111)(H,98,107)(H,99,113)(H,100,114)(H,101,108)(H,102,110)(H4,76,77,86)(H4,78,79,87)(H4,80,81,88)(H4,82,83,89)(H4,84,85,90)/t40-,41-,42-,46-,47-,48-,49-,50-,51-,52-,53-,54-,55-,56-/m0/s1. The molecule has 1 aromatic carbocycles. The lowest BCUT2D eigenvalue weighted by Gasteiger charge is -2.31. The van der Waals surface area contributed by atoms with Crippen LogP contribution in [0.2, 0.25) is 0 Å². The first-order valence-corrected chi connectivity index (χ1v) is 38.8. The second-order valence-corrected chi connectivity index (χ2v) is 29.6. The number of H-pyrrole nitrogens is 1. The molecule has 14 atom stereocenters. The lowest BCUT2D eigenvalue weighted by atomic mass is 9.95. The third-order valence-electron chi connectivity index (χ3n) is 18.8. The molecule has 1 aromatic heterocycles. The number of guanidine groups is 5. The number of carbonyl (C=O) groups is 12. The summed E-state index contributed by atoms with van der Waals surface area (Å²) in [5, 5.41) is 30.7. The number of aliphatic imine (C=N–C) groups is 5. The summed E-state index contributed by atoms with van der Waals surface area (Å²) in [4.78, 5) is 195. The van der Waals surface area contributed by atoms with Crippen molar-refractivity contribution in [3.8, 4) is 0 Å². The van der Waals surface area contributed by atoms with Crippen LogP contribution in [0.5, 0.6) is 0 Å². The number of nitrogens with two attached hydrogens (primary N) is 12. The summed E-state index contributed by atoms with van der Waals surface area (Å²) in [6.45, 7) is 19.1. The molecule has 0 bridgehead atoms. The van der Waals surface area contributed by atoms with Crippen LogP contribution in [0.25, 0.3) is 10.9 Å². The van der Waals surface area contributed by atoms with Gasteiger partial charge in [-0.2, -0.15) is 0 Å². The number of benzene rings is 1. The maximum atomic E-state index is 15.1. The van der Waals surface area contributed by atoms with Crippen LogP contribution in [-0.2, 0) is 64.0 Å². The van der Waals surface area contributed by atoms with E-state index in [0.717, 1.165) is 0 Å². The molecule has 0 saturated carbocycles. The molecule has 12 amide bonds. The molecule has 0 saturated heterocycles. The van der Waals surface area contributed by atoms with Crippen molar-refractivity contribution < 1.29 is 57.5 Å². The van der Waals surface area contributed by atoms with Crippen molar-refractivity contribution in [2.75, 3.05) is 32.7 Å². The van der Waals surface area contributed by atoms with Crippen molar-refractivity contribution in [1.82, 2.24) is 63.5 Å². The quantitative estimate of drug-likeness (QED) is 0.0167. The Labute approximate surface area is 667 Å². The summed E-state index contributed by atoms with van der Waals surface area (Å²) < 4.78 is 0. The number of nitrogens with one attached hydrogen (secondary N) is 12. The minimum Gasteiger partial charge on any atom is -0.370 e. The summed E-state index contributed by atoms with van der Waals surface area (Å²) >= 11 is 0. The first kappa shape index (κ1) is 98.8. The molecule has 2 aromatic rings. The van der Waals surface area contributed by atoms with Gasteiger partial charge < -0.3 is 132 Å². The van der Waals surface area contributed by atoms with Crippen LogP contribution in [0.4, 0.5) is 0 Å². The van der Waals surface area contributed by atoms with Gasteiger partial charge in [0.15, 0.2) is 29.8 Å². The van der Waals surface area contributed by atoms with E-state index in [1.165, 1.54) is 6.92 Å². The number of hydrogen-bond donors (Lipinski definition) is 24. The molecular weight excluding hydrogens is 1470 g/mol. The molecule has 0 fully saturated rings. The fourth-order valence-corrected chi connectivity index (χ4v) is 11.8. The molecule has 0 aliphatic rings. The Balaban J connectivity index is 2.62. The molecule has 2 rings (SSSR count). The van der Waals surface area contributed by atoms with Crippen molar-refractivity contribution in [2.24, 2.45) is 123 Å². The molecule has 0 aliphatic heterocycles. The van der Waals surface area contributed by atoms with Gasteiger partial charge in [0, 0.05) is 56.2 Å². The number of fused-ring (bicyclic) bond motifs is 1. The Bertz CT molecular complexity index is 3620. The van der Waals surface area contributed by atoms with E-state index in [2.05, 4.69) is 88.4 Å². The van der Waals surface area contributed by atoms with Crippen LogP contribution in [0.1, 0.15) is 172 Å². The molecule has 1 heterocycles. The molecule has 640 valence electrons. The Morgan fingerprint density at radius 1 is 0.360 bits per heavy atom. The zero-order chi connectivity index (χ0) is 86.1. The van der Waals surface area contributed by atoms with E-state index in [4.69, 9.17) is 68.8 Å². The van der Waals surface area contributed by atoms with Gasteiger partial charge >= 0.3 is 0 Å². The smallest absolute Gasteiger partial charge is 0.243 e. The average molecular weight is 1610 g/mol. The summed E-state index contributed by atoms with van der Waals surface area (Å²) in [5.41, 5.74) is 68.7. The number of aromatic nitrogens is 1. The molecule has 0 unspecified atom stereocenters. The molecule has 0 aliphatic carbocycles. The second-order valence-electron chi connectivity index (χ2n) is 29.6. The maximum absolute atomic E-state index is 15.1. The van der Waals surface area contributed by atoms with Crippen molar-refractivity contribution in [3.05, 3.63) is 36.0 Å². The highest BCUT2D eigenvalue weighted by Gasteiger charge is 2.39. The predicted molar refractivity (Wildman–Crippen MR) is 438 cm³/mol. The molecule has 114 heavy (non-hydrogen) atoms. The van der Waals surface area contributed by atoms with Crippen LogP contribution < -0.4 is 127 Å². The lowest BCUT2D eigenvalue weighted by Crippen LogP contribution is -2.62. The van der Waals surface area contributed by atoms with Crippen molar-refractivity contribution in [1.29, 1.82) is 0 Å². The SMILES string of the molecule is CC[C@H](C)[C@H](NC(=O)[C@H](CCCN=C(N)N)NC(=O)[C@H](CCCCN=C(N)N)NC(=O)[C@H](C)NC(=O)[C@@H](NC(=O)[C@@H](NC(=O)[C@H](CC(C)C)NC(=O)[C@H](CCCN=C(N)N)NC(=O)[C@@H](N)C(C)C)[C@@H](C)CC)C(C)C)C(=O)N[C@@H](Cc1c[nH]c2ccccc12)C(=O)N[C@@H](CCCN=C(N)N)C(=O)N[C@@H](CCCN=C(N)N)C(N)=O. The number of carbonyl (C=O) groups excluding carboxylic acids is 12. The van der Waals surface area contributed by atoms with Crippen LogP contribution in [0.15, 0.2) is 55.4 Å². The highest BCUT2D eigenvalue weighted by atomic mass is 16.2. The number of primary amides is 1. The van der Waals surface area contributed by atoms with E-state index in [0.29, 0.717) is 29.3 Å². The van der Waals surface area contributed by atoms with Crippen LogP contribution >= 0.6 is 0 Å². The van der Waals surface area contributed by atoms with E-state index in [9.17, 15) is 52.7 Å². The first-order chi connectivity index (χ1) is 53.6. The molecule has 36 N–H and O–H groups in total. The van der Waals surface area contributed by atoms with Gasteiger partial charge in [0.05, 0.1) is 6.04 Å². The van der Waals surface area contributed by atoms with Crippen LogP contribution in [0, 0.1) is 29.6 Å². The topological polar surface area (TPSA) is 727 Å². The Morgan fingerprint density at radius 2 is 0.693 bits per heavy atom. The summed E-state index contributed by atoms with van der Waals surface area (Å²) in [6.07, 6.45) is 3.28. The zero-order valence-electron chi connectivity index (χ0n) is 67.9. The highest BCUT2D eigenvalue weighted by Crippen LogP contribution is 2.21. The van der Waals surface area contributed by atoms with Crippen molar-refractivity contribution in [3.63, 3.8) is 0 Å². The normalized spacial score (nSPS) is 14.9. The minimum absolute atomic E-state index is 0.0209. The average Bonchev–Trinajstić information content (AvgIpc) is 1.69. The number of nitrogens with zero attached hydrogens (tertiary/aromatic N) is 5. The predicted octanol–water partition coefficient (Wildman–Crippen LogP) is -5.02. The first-order valence-electron chi connectivity index (χ1n) is 38.8. The Morgan fingerprint density at radius 3 is 1.11 bits per heavy atom. The van der Waals surface area contributed by atoms with Crippen LogP contribution in [0.3, 0.4) is 0 Å². The molecule has 41 heteroatoms. The van der Waals surface area contributed by atoms with E-state index in [1.807, 2.05) is 19.9 Å². The Kier molecular flexibility index (Phi) is 44.5. The third-order valence-corrected chi connectivity index (χ3v) is 18.8. The number of amides is 12. The van der Waals surface area contributed by atoms with E-state index in [1.54, 1.807) is 79.8 Å². The highest BCUT2D eigenvalue weighted by molar-refractivity contribution is 6.00. The number of rotatable bonds is 54. The van der Waals surface area contributed by atoms with E-state index in [-0.39, 0.29) is 158 Å². The number of hydrogen-bond acceptors (Lipinski definition) is 18. The maximum Gasteiger partial charge on any atom is 0.243 e. The molecule has 0 spiro atoms. The van der Waals surface area contributed by atoms with Gasteiger partial charge in [-0.25, -0.2) is 0 Å². The molecule has 0 radical (unpaired) electrons. The summed E-state index contributed by atoms with van der Waals surface area (Å²) in [5.74, 6) is -12.9. The lowest BCUT2D eigenvalue weighted by molar-refractivity contribution is -0.137. The number of para-hydroxylation sites is 1. The van der Waals surface area contributed by atoms with E-state index < -0.39 is 161 Å². The van der Waals surface area contributed by atoms with Gasteiger partial charge in [0.1, 0.15) is 66.5 Å². The zero-order valence-corrected chi connectivity index (χ0v) is 67.9. The second kappa shape index (κ2) is 51.4. The fourth-order valence-electron chi connectivity index (χ4n) is 11.8. The molecule has 41 nitrogen and oxygen atoms in total. The van der Waals surface area contributed by atoms with Gasteiger partial charge in [-0.15, -0.1) is 0 Å². The third kappa shape index (κ3) is 36.9. The van der Waals surface area contributed by atoms with Crippen molar-refractivity contribution in [2.45, 2.75) is 245 Å². The largest absolute Gasteiger partial charge is 0.370 e. The minimum atomic E-state index is -1.47. The van der Waals surface area contributed by atoms with Gasteiger partial charge in [-0.1, -0.05) is 100 Å².